The second-order valence-electron chi connectivity index (χ2n) is 6.39. The molecule has 8 nitrogen and oxygen atoms in total. The second-order valence-corrected chi connectivity index (χ2v) is 6.39. The molecule has 0 aromatic heterocycles. The van der Waals surface area contributed by atoms with Crippen LogP contribution in [0.1, 0.15) is 44.1 Å². The molecule has 28 heavy (non-hydrogen) atoms. The van der Waals surface area contributed by atoms with Crippen LogP contribution in [0.5, 0.6) is 0 Å². The monoisotopic (exact) mass is 394 g/mol. The molecule has 1 aromatic carbocycles. The Morgan fingerprint density at radius 2 is 1.75 bits per heavy atom. The lowest BCUT2D eigenvalue weighted by molar-refractivity contribution is -0.143. The highest BCUT2D eigenvalue weighted by atomic mass is 16.5. The zero-order valence-corrected chi connectivity index (χ0v) is 16.3. The van der Waals surface area contributed by atoms with E-state index >= 15 is 0 Å². The first-order valence-corrected chi connectivity index (χ1v) is 9.47. The minimum absolute atomic E-state index is 0.0307. The number of nitrogens with one attached hydrogen (secondary N) is 2. The Morgan fingerprint density at radius 1 is 1.04 bits per heavy atom. The number of aliphatic hydroxyl groups is 1. The van der Waals surface area contributed by atoms with Crippen LogP contribution in [0.4, 0.5) is 4.79 Å². The van der Waals surface area contributed by atoms with Crippen molar-refractivity contribution in [1.29, 1.82) is 0 Å². The van der Waals surface area contributed by atoms with E-state index in [1.807, 2.05) is 30.3 Å². The highest BCUT2D eigenvalue weighted by Crippen LogP contribution is 2.03. The lowest BCUT2D eigenvalue weighted by Crippen LogP contribution is -2.33. The molecule has 0 fully saturated rings. The molecule has 0 aliphatic heterocycles. The van der Waals surface area contributed by atoms with Crippen LogP contribution in [0.15, 0.2) is 30.3 Å². The van der Waals surface area contributed by atoms with Crippen molar-refractivity contribution in [3.8, 4) is 0 Å². The van der Waals surface area contributed by atoms with E-state index in [1.165, 1.54) is 7.11 Å². The Labute approximate surface area is 165 Å². The molecule has 2 amide bonds. The van der Waals surface area contributed by atoms with Gasteiger partial charge in [-0.05, 0) is 18.4 Å². The van der Waals surface area contributed by atoms with Crippen molar-refractivity contribution in [1.82, 2.24) is 10.6 Å². The molecule has 0 heterocycles. The molecular weight excluding hydrogens is 364 g/mol. The van der Waals surface area contributed by atoms with Gasteiger partial charge >= 0.3 is 12.1 Å². The summed E-state index contributed by atoms with van der Waals surface area (Å²) in [5.41, 5.74) is 0.939. The Morgan fingerprint density at radius 3 is 2.46 bits per heavy atom. The Kier molecular flexibility index (Phi) is 12.1. The van der Waals surface area contributed by atoms with Crippen molar-refractivity contribution in [3.63, 3.8) is 0 Å². The number of aliphatic hydroxyl groups excluding tert-OH is 1. The lowest BCUT2D eigenvalue weighted by atomic mass is 10.1. The Balaban J connectivity index is 1.94. The van der Waals surface area contributed by atoms with Crippen LogP contribution in [0.3, 0.4) is 0 Å². The number of hydrogen-bond acceptors (Lipinski definition) is 6. The number of ether oxygens (including phenoxy) is 2. The van der Waals surface area contributed by atoms with Gasteiger partial charge in [0.1, 0.15) is 6.61 Å². The minimum atomic E-state index is -0.941. The quantitative estimate of drug-likeness (QED) is 0.348. The van der Waals surface area contributed by atoms with Gasteiger partial charge in [-0.3, -0.25) is 9.59 Å². The topological polar surface area (TPSA) is 114 Å². The fourth-order valence-electron chi connectivity index (χ4n) is 2.40. The van der Waals surface area contributed by atoms with Crippen molar-refractivity contribution in [2.45, 2.75) is 51.2 Å². The third kappa shape index (κ3) is 11.9. The summed E-state index contributed by atoms with van der Waals surface area (Å²) in [5, 5.41) is 14.8. The van der Waals surface area contributed by atoms with Crippen molar-refractivity contribution in [2.24, 2.45) is 0 Å². The van der Waals surface area contributed by atoms with E-state index in [4.69, 9.17) is 4.74 Å². The summed E-state index contributed by atoms with van der Waals surface area (Å²) < 4.78 is 9.55. The number of unbranched alkanes of at least 4 members (excludes halogenated alkanes) is 3. The summed E-state index contributed by atoms with van der Waals surface area (Å²) in [4.78, 5) is 34.2. The second kappa shape index (κ2) is 14.4. The van der Waals surface area contributed by atoms with Gasteiger partial charge in [0.05, 0.1) is 19.6 Å². The predicted molar refractivity (Wildman–Crippen MR) is 103 cm³/mol. The first kappa shape index (κ1) is 23.4. The lowest BCUT2D eigenvalue weighted by Gasteiger charge is -2.10. The molecule has 0 aliphatic rings. The molecule has 3 N–H and O–H groups in total. The first-order valence-electron chi connectivity index (χ1n) is 9.47. The number of amides is 2. The Bertz CT molecular complexity index is 594. The smallest absolute Gasteiger partial charge is 0.407 e. The molecule has 0 spiro atoms. The number of hydrogen-bond donors (Lipinski definition) is 3. The zero-order chi connectivity index (χ0) is 20.6. The molecule has 1 unspecified atom stereocenters. The fourth-order valence-corrected chi connectivity index (χ4v) is 2.40. The largest absolute Gasteiger partial charge is 0.469 e. The molecular formula is C20H30N2O6. The maximum absolute atomic E-state index is 11.7. The average Bonchev–Trinajstić information content (AvgIpc) is 2.70. The van der Waals surface area contributed by atoms with E-state index in [9.17, 15) is 19.5 Å². The molecule has 156 valence electrons. The van der Waals surface area contributed by atoms with Crippen LogP contribution < -0.4 is 10.6 Å². The molecule has 0 radical (unpaired) electrons. The van der Waals surface area contributed by atoms with Crippen molar-refractivity contribution >= 4 is 18.0 Å². The van der Waals surface area contributed by atoms with Gasteiger partial charge in [0.2, 0.25) is 5.91 Å². The third-order valence-electron chi connectivity index (χ3n) is 3.98. The van der Waals surface area contributed by atoms with Gasteiger partial charge in [-0.1, -0.05) is 43.2 Å². The van der Waals surface area contributed by atoms with Crippen LogP contribution >= 0.6 is 0 Å². The SMILES string of the molecule is COC(=O)CC(O)CNC(=O)CCCCCCNC(=O)OCc1ccccc1. The van der Waals surface area contributed by atoms with Gasteiger partial charge in [0, 0.05) is 19.5 Å². The number of alkyl carbamates (subject to hydrolysis) is 1. The predicted octanol–water partition coefficient (Wildman–Crippen LogP) is 1.90. The van der Waals surface area contributed by atoms with Gasteiger partial charge in [-0.15, -0.1) is 0 Å². The Hall–Kier alpha value is -2.61. The molecule has 0 aliphatic carbocycles. The summed E-state index contributed by atoms with van der Waals surface area (Å²) in [6, 6.07) is 9.47. The van der Waals surface area contributed by atoms with Gasteiger partial charge in [0.25, 0.3) is 0 Å². The number of methoxy groups -OCH3 is 1. The van der Waals surface area contributed by atoms with E-state index in [1.54, 1.807) is 0 Å². The molecule has 0 saturated carbocycles. The van der Waals surface area contributed by atoms with Crippen LogP contribution in [0.25, 0.3) is 0 Å². The molecule has 1 atom stereocenters. The first-order chi connectivity index (χ1) is 13.5. The summed E-state index contributed by atoms with van der Waals surface area (Å²) >= 11 is 0. The molecule has 0 bridgehead atoms. The number of benzene rings is 1. The number of esters is 1. The van der Waals surface area contributed by atoms with E-state index in [-0.39, 0.29) is 25.5 Å². The van der Waals surface area contributed by atoms with Gasteiger partial charge in [0.15, 0.2) is 0 Å². The number of carbonyl (C=O) groups is 3. The minimum Gasteiger partial charge on any atom is -0.469 e. The number of carbonyl (C=O) groups excluding carboxylic acids is 3. The van der Waals surface area contributed by atoms with E-state index in [2.05, 4.69) is 15.4 Å². The van der Waals surface area contributed by atoms with Crippen LogP contribution in [0.2, 0.25) is 0 Å². The van der Waals surface area contributed by atoms with Gasteiger partial charge in [-0.25, -0.2) is 4.79 Å². The third-order valence-corrected chi connectivity index (χ3v) is 3.98. The molecule has 0 saturated heterocycles. The van der Waals surface area contributed by atoms with Crippen LogP contribution in [-0.2, 0) is 25.7 Å². The summed E-state index contributed by atoms with van der Waals surface area (Å²) in [6.07, 6.45) is 2.11. The van der Waals surface area contributed by atoms with E-state index < -0.39 is 18.2 Å². The molecule has 8 heteroatoms. The van der Waals surface area contributed by atoms with Crippen LogP contribution in [0, 0.1) is 0 Å². The summed E-state index contributed by atoms with van der Waals surface area (Å²) in [6.45, 7) is 0.804. The summed E-state index contributed by atoms with van der Waals surface area (Å²) in [7, 11) is 1.25. The highest BCUT2D eigenvalue weighted by molar-refractivity contribution is 5.76. The maximum Gasteiger partial charge on any atom is 0.407 e. The molecule has 1 aromatic rings. The summed E-state index contributed by atoms with van der Waals surface area (Å²) in [5.74, 6) is -0.675. The zero-order valence-electron chi connectivity index (χ0n) is 16.3. The van der Waals surface area contributed by atoms with Crippen molar-refractivity contribution < 1.29 is 29.0 Å². The van der Waals surface area contributed by atoms with E-state index in [0.717, 1.165) is 31.2 Å². The number of rotatable bonds is 13. The maximum atomic E-state index is 11.7. The van der Waals surface area contributed by atoms with E-state index in [0.29, 0.717) is 13.0 Å². The average molecular weight is 394 g/mol. The van der Waals surface area contributed by atoms with Crippen molar-refractivity contribution in [2.75, 3.05) is 20.2 Å². The molecule has 1 rings (SSSR count). The standard InChI is InChI=1S/C20H30N2O6/c1-27-19(25)13-17(23)14-22-18(24)11-7-2-3-8-12-21-20(26)28-15-16-9-5-4-6-10-16/h4-6,9-10,17,23H,2-3,7-8,11-15H2,1H3,(H,21,26)(H,22,24). The van der Waals surface area contributed by atoms with Gasteiger partial charge < -0.3 is 25.2 Å². The van der Waals surface area contributed by atoms with Crippen LogP contribution in [-0.4, -0.2) is 49.4 Å². The highest BCUT2D eigenvalue weighted by Gasteiger charge is 2.12. The fraction of sp³-hybridized carbons (Fsp3) is 0.550. The van der Waals surface area contributed by atoms with Gasteiger partial charge in [-0.2, -0.15) is 0 Å². The normalized spacial score (nSPS) is 11.4. The van der Waals surface area contributed by atoms with Crippen molar-refractivity contribution in [3.05, 3.63) is 35.9 Å².